The van der Waals surface area contributed by atoms with Gasteiger partial charge in [-0.15, -0.1) is 11.3 Å². The second-order valence-corrected chi connectivity index (χ2v) is 9.84. The first kappa shape index (κ1) is 26.6. The van der Waals surface area contributed by atoms with E-state index in [2.05, 4.69) is 20.9 Å². The Labute approximate surface area is 225 Å². The fourth-order valence-electron chi connectivity index (χ4n) is 3.59. The minimum atomic E-state index is -1.95. The first-order chi connectivity index (χ1) is 17.7. The number of fused-ring (bicyclic) bond motifs is 1. The molecule has 1 atom stereocenters. The summed E-state index contributed by atoms with van der Waals surface area (Å²) in [7, 11) is 0. The smallest absolute Gasteiger partial charge is 0.261 e. The van der Waals surface area contributed by atoms with Crippen LogP contribution in [0.3, 0.4) is 0 Å². The van der Waals surface area contributed by atoms with E-state index in [1.165, 1.54) is 23.5 Å². The van der Waals surface area contributed by atoms with Gasteiger partial charge in [-0.05, 0) is 52.7 Å². The van der Waals surface area contributed by atoms with E-state index in [0.717, 1.165) is 10.9 Å². The van der Waals surface area contributed by atoms with Crippen LogP contribution in [-0.4, -0.2) is 51.8 Å². The molecule has 0 radical (unpaired) electrons. The third-order valence-corrected chi connectivity index (χ3v) is 6.97. The summed E-state index contributed by atoms with van der Waals surface area (Å²) >= 11 is 13.9. The van der Waals surface area contributed by atoms with E-state index in [1.54, 1.807) is 35.8 Å². The first-order valence-corrected chi connectivity index (χ1v) is 12.7. The summed E-state index contributed by atoms with van der Waals surface area (Å²) in [5, 5.41) is 29.9. The number of nitrogens with one attached hydrogen (secondary N) is 4. The SMILES string of the molecule is O=C(NCc1cc(Cl)c(C(=O)N[C@@H](CNC(=O)c2cccs2)C(O)O)c(Cl)c1)c1ccc2cc[nH]c2c1. The maximum atomic E-state index is 12.8. The number of hydrogen-bond donors (Lipinski definition) is 6. The van der Waals surface area contributed by atoms with E-state index in [4.69, 9.17) is 23.2 Å². The second kappa shape index (κ2) is 11.8. The number of aromatic nitrogens is 1. The van der Waals surface area contributed by atoms with Gasteiger partial charge in [-0.2, -0.15) is 0 Å². The van der Waals surface area contributed by atoms with E-state index in [1.807, 2.05) is 12.1 Å². The third kappa shape index (κ3) is 6.48. The zero-order valence-electron chi connectivity index (χ0n) is 19.1. The average molecular weight is 561 g/mol. The van der Waals surface area contributed by atoms with Crippen LogP contribution in [0.4, 0.5) is 0 Å². The van der Waals surface area contributed by atoms with Crippen LogP contribution in [0.25, 0.3) is 10.9 Å². The van der Waals surface area contributed by atoms with Crippen molar-refractivity contribution in [1.82, 2.24) is 20.9 Å². The van der Waals surface area contributed by atoms with Gasteiger partial charge in [-0.3, -0.25) is 14.4 Å². The number of H-pyrrole nitrogens is 1. The monoisotopic (exact) mass is 560 g/mol. The number of amides is 3. The molecule has 9 nitrogen and oxygen atoms in total. The number of carbonyl (C=O) groups is 3. The molecule has 0 aliphatic rings. The largest absolute Gasteiger partial charge is 0.366 e. The van der Waals surface area contributed by atoms with Gasteiger partial charge in [-0.1, -0.05) is 35.3 Å². The molecule has 2 heterocycles. The van der Waals surface area contributed by atoms with Gasteiger partial charge >= 0.3 is 0 Å². The van der Waals surface area contributed by atoms with E-state index in [0.29, 0.717) is 16.0 Å². The number of hydrogen-bond acceptors (Lipinski definition) is 6. The molecule has 2 aromatic heterocycles. The molecular weight excluding hydrogens is 539 g/mol. The number of aliphatic hydroxyl groups excluding tert-OH is 1. The Morgan fingerprint density at radius 3 is 2.38 bits per heavy atom. The lowest BCUT2D eigenvalue weighted by Gasteiger charge is -2.21. The minimum absolute atomic E-state index is 0.0101. The van der Waals surface area contributed by atoms with E-state index >= 15 is 0 Å². The molecule has 2 aromatic carbocycles. The van der Waals surface area contributed by atoms with Crippen molar-refractivity contribution in [1.29, 1.82) is 0 Å². The first-order valence-electron chi connectivity index (χ1n) is 11.0. The number of aliphatic hydroxyl groups is 2. The molecule has 192 valence electrons. The van der Waals surface area contributed by atoms with E-state index in [9.17, 15) is 24.6 Å². The Kier molecular flexibility index (Phi) is 8.47. The van der Waals surface area contributed by atoms with Gasteiger partial charge in [0.1, 0.15) is 0 Å². The molecule has 12 heteroatoms. The molecule has 0 fully saturated rings. The van der Waals surface area contributed by atoms with Crippen LogP contribution >= 0.6 is 34.5 Å². The summed E-state index contributed by atoms with van der Waals surface area (Å²) in [6.45, 7) is -0.135. The lowest BCUT2D eigenvalue weighted by Crippen LogP contribution is -2.50. The Balaban J connectivity index is 1.38. The minimum Gasteiger partial charge on any atom is -0.366 e. The number of aromatic amines is 1. The highest BCUT2D eigenvalue weighted by Gasteiger charge is 2.24. The molecule has 0 aliphatic heterocycles. The summed E-state index contributed by atoms with van der Waals surface area (Å²) < 4.78 is 0. The molecule has 37 heavy (non-hydrogen) atoms. The van der Waals surface area contributed by atoms with Crippen LogP contribution in [0.15, 0.2) is 60.1 Å². The molecule has 4 aromatic rings. The van der Waals surface area contributed by atoms with Gasteiger partial charge in [0.25, 0.3) is 17.7 Å². The lowest BCUT2D eigenvalue weighted by atomic mass is 10.1. The van der Waals surface area contributed by atoms with Crippen LogP contribution in [0.2, 0.25) is 10.0 Å². The van der Waals surface area contributed by atoms with Crippen molar-refractivity contribution in [3.05, 3.63) is 91.7 Å². The van der Waals surface area contributed by atoms with Crippen LogP contribution in [0.5, 0.6) is 0 Å². The fraction of sp³-hybridized carbons (Fsp3) is 0.160. The summed E-state index contributed by atoms with van der Waals surface area (Å²) in [6, 6.07) is 12.3. The molecule has 6 N–H and O–H groups in total. The predicted octanol–water partition coefficient (Wildman–Crippen LogP) is 3.31. The number of halogens is 2. The van der Waals surface area contributed by atoms with E-state index in [-0.39, 0.29) is 34.6 Å². The fourth-order valence-corrected chi connectivity index (χ4v) is 4.93. The van der Waals surface area contributed by atoms with Gasteiger partial charge in [0, 0.05) is 30.4 Å². The highest BCUT2D eigenvalue weighted by Crippen LogP contribution is 2.27. The van der Waals surface area contributed by atoms with E-state index < -0.39 is 24.1 Å². The summed E-state index contributed by atoms with van der Waals surface area (Å²) in [5.74, 6) is -1.46. The highest BCUT2D eigenvalue weighted by atomic mass is 35.5. The quantitative estimate of drug-likeness (QED) is 0.174. The number of carbonyl (C=O) groups excluding carboxylic acids is 3. The van der Waals surface area contributed by atoms with Gasteiger partial charge < -0.3 is 31.1 Å². The lowest BCUT2D eigenvalue weighted by molar-refractivity contribution is -0.0638. The van der Waals surface area contributed by atoms with Crippen LogP contribution in [-0.2, 0) is 6.54 Å². The highest BCUT2D eigenvalue weighted by molar-refractivity contribution is 7.12. The van der Waals surface area contributed by atoms with Crippen molar-refractivity contribution in [2.75, 3.05) is 6.54 Å². The molecule has 0 saturated carbocycles. The zero-order valence-corrected chi connectivity index (χ0v) is 21.5. The average Bonchev–Trinajstić information content (AvgIpc) is 3.56. The molecule has 0 unspecified atom stereocenters. The van der Waals surface area contributed by atoms with Crippen molar-refractivity contribution in [2.45, 2.75) is 18.9 Å². The Bertz CT molecular complexity index is 1420. The van der Waals surface area contributed by atoms with Crippen molar-refractivity contribution < 1.29 is 24.6 Å². The normalized spacial score (nSPS) is 11.9. The van der Waals surface area contributed by atoms with Gasteiger partial charge in [0.15, 0.2) is 6.29 Å². The van der Waals surface area contributed by atoms with Crippen molar-refractivity contribution >= 4 is 63.2 Å². The van der Waals surface area contributed by atoms with Crippen molar-refractivity contribution in [3.63, 3.8) is 0 Å². The maximum absolute atomic E-state index is 12.8. The number of benzene rings is 2. The van der Waals surface area contributed by atoms with Gasteiger partial charge in [-0.25, -0.2) is 0 Å². The third-order valence-electron chi connectivity index (χ3n) is 5.50. The maximum Gasteiger partial charge on any atom is 0.261 e. The molecule has 0 saturated heterocycles. The standard InChI is InChI=1S/C25H22Cl2N4O5S/c26-16-8-13(11-29-22(32)15-4-3-14-5-6-28-18(14)10-15)9-17(27)21(16)24(34)31-19(25(35)36)12-30-23(33)20-2-1-7-37-20/h1-10,19,25,28,35-36H,11-12H2,(H,29,32)(H,30,33)(H,31,34)/t19-/m0/s1. The van der Waals surface area contributed by atoms with Crippen molar-refractivity contribution in [2.24, 2.45) is 0 Å². The molecule has 3 amide bonds. The van der Waals surface area contributed by atoms with Crippen LogP contribution < -0.4 is 16.0 Å². The van der Waals surface area contributed by atoms with Gasteiger partial charge in [0.05, 0.1) is 26.5 Å². The Morgan fingerprint density at radius 2 is 1.70 bits per heavy atom. The molecular formula is C25H22Cl2N4O5S. The predicted molar refractivity (Wildman–Crippen MR) is 142 cm³/mol. The molecule has 0 aliphatic carbocycles. The summed E-state index contributed by atoms with van der Waals surface area (Å²) in [6.07, 6.45) is -0.163. The topological polar surface area (TPSA) is 144 Å². The van der Waals surface area contributed by atoms with Gasteiger partial charge in [0.2, 0.25) is 0 Å². The zero-order chi connectivity index (χ0) is 26.5. The Morgan fingerprint density at radius 1 is 0.946 bits per heavy atom. The number of thiophene rings is 1. The van der Waals surface area contributed by atoms with Crippen LogP contribution in [0, 0.1) is 0 Å². The Hall–Kier alpha value is -3.41. The second-order valence-electron chi connectivity index (χ2n) is 8.08. The van der Waals surface area contributed by atoms with Crippen molar-refractivity contribution in [3.8, 4) is 0 Å². The summed E-state index contributed by atoms with van der Waals surface area (Å²) in [5.41, 5.74) is 1.79. The number of rotatable bonds is 9. The molecule has 4 rings (SSSR count). The summed E-state index contributed by atoms with van der Waals surface area (Å²) in [4.78, 5) is 41.0. The molecule has 0 spiro atoms. The molecule has 0 bridgehead atoms. The van der Waals surface area contributed by atoms with Crippen LogP contribution in [0.1, 0.15) is 36.0 Å².